The first kappa shape index (κ1) is 22.7. The Bertz CT molecular complexity index is 875. The summed E-state index contributed by atoms with van der Waals surface area (Å²) in [6.45, 7) is 1.23. The van der Waals surface area contributed by atoms with E-state index in [9.17, 15) is 9.50 Å². The summed E-state index contributed by atoms with van der Waals surface area (Å²) in [7, 11) is 1.59. The van der Waals surface area contributed by atoms with Gasteiger partial charge in [0.05, 0.1) is 13.2 Å². The lowest BCUT2D eigenvalue weighted by Gasteiger charge is -2.17. The number of hydrogen-bond donors (Lipinski definition) is 2. The number of nitrogens with one attached hydrogen (secondary N) is 1. The van der Waals surface area contributed by atoms with Crippen LogP contribution in [0.25, 0.3) is 0 Å². The molecule has 0 aromatic heterocycles. The SMILES string of the molecule is COc1cccc(CNCC(O)c2ccccc2)c1OCc1ccc(F)cc1.Cl. The lowest BCUT2D eigenvalue weighted by Crippen LogP contribution is -2.21. The van der Waals surface area contributed by atoms with Gasteiger partial charge in [-0.05, 0) is 29.3 Å². The molecule has 0 saturated heterocycles. The molecule has 0 amide bonds. The molecular weight excluding hydrogens is 393 g/mol. The van der Waals surface area contributed by atoms with Crippen molar-refractivity contribution in [2.75, 3.05) is 13.7 Å². The lowest BCUT2D eigenvalue weighted by molar-refractivity contribution is 0.174. The van der Waals surface area contributed by atoms with Crippen LogP contribution in [-0.4, -0.2) is 18.8 Å². The van der Waals surface area contributed by atoms with Gasteiger partial charge in [0.2, 0.25) is 0 Å². The zero-order valence-corrected chi connectivity index (χ0v) is 17.0. The highest BCUT2D eigenvalue weighted by molar-refractivity contribution is 5.85. The van der Waals surface area contributed by atoms with Crippen molar-refractivity contribution >= 4 is 12.4 Å². The Balaban J connectivity index is 0.00000300. The quantitative estimate of drug-likeness (QED) is 0.531. The van der Waals surface area contributed by atoms with E-state index in [0.29, 0.717) is 31.2 Å². The predicted molar refractivity (Wildman–Crippen MR) is 114 cm³/mol. The molecule has 6 heteroatoms. The largest absolute Gasteiger partial charge is 0.493 e. The Morgan fingerprint density at radius 3 is 2.38 bits per heavy atom. The average Bonchev–Trinajstić information content (AvgIpc) is 2.74. The first-order chi connectivity index (χ1) is 13.7. The maximum absolute atomic E-state index is 13.1. The summed E-state index contributed by atoms with van der Waals surface area (Å²) in [5, 5.41) is 13.6. The van der Waals surface area contributed by atoms with Crippen molar-refractivity contribution in [2.45, 2.75) is 19.3 Å². The maximum Gasteiger partial charge on any atom is 0.166 e. The smallest absolute Gasteiger partial charge is 0.166 e. The van der Waals surface area contributed by atoms with Crippen molar-refractivity contribution < 1.29 is 19.0 Å². The van der Waals surface area contributed by atoms with E-state index in [1.54, 1.807) is 19.2 Å². The van der Waals surface area contributed by atoms with E-state index in [-0.39, 0.29) is 18.2 Å². The van der Waals surface area contributed by atoms with Gasteiger partial charge in [0.1, 0.15) is 12.4 Å². The number of hydrogen-bond acceptors (Lipinski definition) is 4. The summed E-state index contributed by atoms with van der Waals surface area (Å²) in [5.41, 5.74) is 2.65. The Morgan fingerprint density at radius 2 is 1.69 bits per heavy atom. The van der Waals surface area contributed by atoms with Crippen molar-refractivity contribution in [1.29, 1.82) is 0 Å². The van der Waals surface area contributed by atoms with Gasteiger partial charge < -0.3 is 19.9 Å². The minimum absolute atomic E-state index is 0. The number of methoxy groups -OCH3 is 1. The molecule has 29 heavy (non-hydrogen) atoms. The number of ether oxygens (including phenoxy) is 2. The van der Waals surface area contributed by atoms with E-state index in [0.717, 1.165) is 16.7 Å². The van der Waals surface area contributed by atoms with Crippen LogP contribution < -0.4 is 14.8 Å². The summed E-state index contributed by atoms with van der Waals surface area (Å²) < 4.78 is 24.5. The second kappa shape index (κ2) is 11.4. The second-order valence-electron chi connectivity index (χ2n) is 6.42. The fraction of sp³-hybridized carbons (Fsp3) is 0.217. The summed E-state index contributed by atoms with van der Waals surface area (Å²) in [5.74, 6) is 0.990. The fourth-order valence-corrected chi connectivity index (χ4v) is 2.90. The van der Waals surface area contributed by atoms with Gasteiger partial charge in [-0.2, -0.15) is 0 Å². The number of aliphatic hydroxyl groups excluding tert-OH is 1. The Hall–Kier alpha value is -2.60. The summed E-state index contributed by atoms with van der Waals surface area (Å²) in [6, 6.07) is 21.4. The van der Waals surface area contributed by atoms with Gasteiger partial charge in [-0.3, -0.25) is 0 Å². The van der Waals surface area contributed by atoms with Crippen molar-refractivity contribution in [3.63, 3.8) is 0 Å². The monoisotopic (exact) mass is 417 g/mol. The molecule has 154 valence electrons. The molecule has 0 spiro atoms. The number of benzene rings is 3. The third kappa shape index (κ3) is 6.46. The number of halogens is 2. The molecule has 0 bridgehead atoms. The standard InChI is InChI=1S/C23H24FNO3.ClH/c1-27-22-9-5-8-19(14-25-15-21(26)18-6-3-2-4-7-18)23(22)28-16-17-10-12-20(24)13-11-17;/h2-13,21,25-26H,14-16H2,1H3;1H. The van der Waals surface area contributed by atoms with Crippen LogP contribution >= 0.6 is 12.4 Å². The highest BCUT2D eigenvalue weighted by Gasteiger charge is 2.12. The Kier molecular flexibility index (Phi) is 8.93. The van der Waals surface area contributed by atoms with Crippen molar-refractivity contribution in [3.05, 3.63) is 95.3 Å². The lowest BCUT2D eigenvalue weighted by atomic mass is 10.1. The first-order valence-corrected chi connectivity index (χ1v) is 9.14. The molecule has 2 N–H and O–H groups in total. The zero-order valence-electron chi connectivity index (χ0n) is 16.2. The van der Waals surface area contributed by atoms with Gasteiger partial charge in [0.25, 0.3) is 0 Å². The number of rotatable bonds is 9. The van der Waals surface area contributed by atoms with E-state index < -0.39 is 6.10 Å². The molecule has 0 radical (unpaired) electrons. The van der Waals surface area contributed by atoms with Crippen LogP contribution in [-0.2, 0) is 13.2 Å². The average molecular weight is 418 g/mol. The minimum atomic E-state index is -0.588. The molecule has 0 aliphatic rings. The molecule has 0 aliphatic heterocycles. The van der Waals surface area contributed by atoms with Gasteiger partial charge in [-0.15, -0.1) is 12.4 Å². The minimum Gasteiger partial charge on any atom is -0.493 e. The molecule has 1 atom stereocenters. The van der Waals surface area contributed by atoms with Crippen LogP contribution in [0.15, 0.2) is 72.8 Å². The summed E-state index contributed by atoms with van der Waals surface area (Å²) >= 11 is 0. The molecule has 4 nitrogen and oxygen atoms in total. The third-order valence-electron chi connectivity index (χ3n) is 4.41. The number of para-hydroxylation sites is 1. The topological polar surface area (TPSA) is 50.7 Å². The van der Waals surface area contributed by atoms with Gasteiger partial charge in [0, 0.05) is 18.7 Å². The molecular formula is C23H25ClFNO3. The molecule has 3 aromatic rings. The fourth-order valence-electron chi connectivity index (χ4n) is 2.90. The molecule has 0 aliphatic carbocycles. The van der Waals surface area contributed by atoms with E-state index in [1.165, 1.54) is 12.1 Å². The molecule has 0 fully saturated rings. The van der Waals surface area contributed by atoms with Crippen LogP contribution in [0, 0.1) is 5.82 Å². The van der Waals surface area contributed by atoms with Gasteiger partial charge >= 0.3 is 0 Å². The van der Waals surface area contributed by atoms with E-state index >= 15 is 0 Å². The highest BCUT2D eigenvalue weighted by Crippen LogP contribution is 2.32. The number of aliphatic hydroxyl groups is 1. The molecule has 0 heterocycles. The molecule has 1 unspecified atom stereocenters. The summed E-state index contributed by atoms with van der Waals surface area (Å²) in [6.07, 6.45) is -0.588. The van der Waals surface area contributed by atoms with Gasteiger partial charge in [-0.1, -0.05) is 54.6 Å². The molecule has 3 rings (SSSR count). The van der Waals surface area contributed by atoms with Crippen LogP contribution in [0.3, 0.4) is 0 Å². The van der Waals surface area contributed by atoms with Crippen molar-refractivity contribution in [2.24, 2.45) is 0 Å². The van der Waals surface area contributed by atoms with E-state index in [2.05, 4.69) is 5.32 Å². The first-order valence-electron chi connectivity index (χ1n) is 9.14. The van der Waals surface area contributed by atoms with E-state index in [4.69, 9.17) is 9.47 Å². The van der Waals surface area contributed by atoms with Crippen LogP contribution in [0.2, 0.25) is 0 Å². The van der Waals surface area contributed by atoms with E-state index in [1.807, 2.05) is 48.5 Å². The third-order valence-corrected chi connectivity index (χ3v) is 4.41. The predicted octanol–water partition coefficient (Wildman–Crippen LogP) is 4.66. The van der Waals surface area contributed by atoms with Gasteiger partial charge in [-0.25, -0.2) is 4.39 Å². The molecule has 0 saturated carbocycles. The van der Waals surface area contributed by atoms with Crippen LogP contribution in [0.4, 0.5) is 4.39 Å². The van der Waals surface area contributed by atoms with Crippen LogP contribution in [0.1, 0.15) is 22.8 Å². The van der Waals surface area contributed by atoms with Gasteiger partial charge in [0.15, 0.2) is 11.5 Å². The molecule has 3 aromatic carbocycles. The zero-order chi connectivity index (χ0) is 19.8. The second-order valence-corrected chi connectivity index (χ2v) is 6.42. The Labute approximate surface area is 176 Å². The maximum atomic E-state index is 13.1. The Morgan fingerprint density at radius 1 is 0.966 bits per heavy atom. The van der Waals surface area contributed by atoms with Crippen molar-refractivity contribution in [1.82, 2.24) is 5.32 Å². The van der Waals surface area contributed by atoms with Crippen LogP contribution in [0.5, 0.6) is 11.5 Å². The van der Waals surface area contributed by atoms with Crippen molar-refractivity contribution in [3.8, 4) is 11.5 Å². The highest BCUT2D eigenvalue weighted by atomic mass is 35.5. The normalized spacial score (nSPS) is 11.4. The summed E-state index contributed by atoms with van der Waals surface area (Å²) in [4.78, 5) is 0.